The minimum Gasteiger partial charge on any atom is -0.299 e. The van der Waals surface area contributed by atoms with Crippen molar-refractivity contribution < 1.29 is 4.79 Å². The Morgan fingerprint density at radius 3 is 2.55 bits per heavy atom. The highest BCUT2D eigenvalue weighted by molar-refractivity contribution is 6.38. The zero-order valence-corrected chi connectivity index (χ0v) is 7.89. The van der Waals surface area contributed by atoms with Crippen LogP contribution in [0.4, 0.5) is 0 Å². The second-order valence-electron chi connectivity index (χ2n) is 2.63. The summed E-state index contributed by atoms with van der Waals surface area (Å²) < 4.78 is 0. The SMILES string of the molecule is CC.CCC1C[B]CCC1=O. The van der Waals surface area contributed by atoms with Crippen molar-refractivity contribution in [2.24, 2.45) is 5.92 Å². The van der Waals surface area contributed by atoms with Crippen LogP contribution in [0.3, 0.4) is 0 Å². The minimum absolute atomic E-state index is 0.360. The lowest BCUT2D eigenvalue weighted by atomic mass is 9.59. The van der Waals surface area contributed by atoms with Crippen molar-refractivity contribution in [2.45, 2.75) is 46.3 Å². The predicted molar refractivity (Wildman–Crippen MR) is 50.1 cm³/mol. The fraction of sp³-hybridized carbons (Fsp3) is 0.889. The molecule has 1 nitrogen and oxygen atoms in total. The predicted octanol–water partition coefficient (Wildman–Crippen LogP) is 2.55. The lowest BCUT2D eigenvalue weighted by Gasteiger charge is -2.17. The molecule has 1 aliphatic rings. The Morgan fingerprint density at radius 1 is 1.55 bits per heavy atom. The van der Waals surface area contributed by atoms with E-state index in [9.17, 15) is 4.79 Å². The highest BCUT2D eigenvalue weighted by Gasteiger charge is 2.19. The number of rotatable bonds is 1. The molecule has 0 aromatic rings. The fourth-order valence-corrected chi connectivity index (χ4v) is 1.29. The van der Waals surface area contributed by atoms with Gasteiger partial charge in [-0.15, -0.1) is 0 Å². The second kappa shape index (κ2) is 6.45. The Kier molecular flexibility index (Phi) is 6.29. The van der Waals surface area contributed by atoms with E-state index >= 15 is 0 Å². The number of carbonyl (C=O) groups is 1. The topological polar surface area (TPSA) is 17.1 Å². The van der Waals surface area contributed by atoms with E-state index in [1.165, 1.54) is 0 Å². The molecule has 1 heterocycles. The van der Waals surface area contributed by atoms with Crippen molar-refractivity contribution >= 4 is 13.1 Å². The van der Waals surface area contributed by atoms with Gasteiger partial charge in [-0.05, 0) is 12.8 Å². The molecule has 0 aromatic heterocycles. The molecule has 2 heteroatoms. The fourth-order valence-electron chi connectivity index (χ4n) is 1.29. The average molecular weight is 153 g/mol. The number of hydrogen-bond donors (Lipinski definition) is 0. The maximum atomic E-state index is 11.0. The van der Waals surface area contributed by atoms with E-state index in [0.29, 0.717) is 11.7 Å². The average Bonchev–Trinajstić information content (AvgIpc) is 2.09. The molecule has 0 bridgehead atoms. The van der Waals surface area contributed by atoms with Gasteiger partial charge in [0.05, 0.1) is 0 Å². The number of Topliss-reactive ketones (excluding diaryl/α,β-unsaturated/α-hetero) is 1. The summed E-state index contributed by atoms with van der Waals surface area (Å²) in [4.78, 5) is 11.0. The molecule has 1 atom stereocenters. The molecule has 0 spiro atoms. The van der Waals surface area contributed by atoms with Gasteiger partial charge in [-0.2, -0.15) is 0 Å². The Morgan fingerprint density at radius 2 is 2.18 bits per heavy atom. The van der Waals surface area contributed by atoms with E-state index in [1.807, 2.05) is 13.8 Å². The van der Waals surface area contributed by atoms with Gasteiger partial charge < -0.3 is 0 Å². The van der Waals surface area contributed by atoms with Crippen molar-refractivity contribution in [2.75, 3.05) is 0 Å². The molecule has 0 saturated carbocycles. The molecule has 0 N–H and O–H groups in total. The third-order valence-corrected chi connectivity index (χ3v) is 1.99. The molecule has 63 valence electrons. The summed E-state index contributed by atoms with van der Waals surface area (Å²) in [5.41, 5.74) is 0. The Balaban J connectivity index is 0.000000461. The van der Waals surface area contributed by atoms with Gasteiger partial charge in [-0.3, -0.25) is 4.79 Å². The standard InChI is InChI=1S/C7H12BO.C2H6/c1-2-6-5-8-4-3-7(6)9;1-2/h6H,2-5H2,1H3;1-2H3. The molecule has 1 aliphatic heterocycles. The zero-order chi connectivity index (χ0) is 8.69. The highest BCUT2D eigenvalue weighted by atomic mass is 16.1. The van der Waals surface area contributed by atoms with Crippen molar-refractivity contribution in [1.29, 1.82) is 0 Å². The maximum absolute atomic E-state index is 11.0. The van der Waals surface area contributed by atoms with Crippen LogP contribution in [0.25, 0.3) is 0 Å². The quantitative estimate of drug-likeness (QED) is 0.529. The summed E-state index contributed by atoms with van der Waals surface area (Å²) in [6.45, 7) is 6.09. The van der Waals surface area contributed by atoms with Crippen LogP contribution in [0.15, 0.2) is 0 Å². The Labute approximate surface area is 70.8 Å². The van der Waals surface area contributed by atoms with Gasteiger partial charge in [0.1, 0.15) is 13.1 Å². The first-order valence-corrected chi connectivity index (χ1v) is 4.69. The molecule has 1 rings (SSSR count). The van der Waals surface area contributed by atoms with E-state index in [0.717, 1.165) is 25.5 Å². The van der Waals surface area contributed by atoms with Crippen molar-refractivity contribution in [3.8, 4) is 0 Å². The summed E-state index contributed by atoms with van der Waals surface area (Å²) in [6.07, 6.45) is 3.85. The molecule has 1 saturated heterocycles. The monoisotopic (exact) mass is 153 g/mol. The van der Waals surface area contributed by atoms with Gasteiger partial charge in [0.15, 0.2) is 0 Å². The van der Waals surface area contributed by atoms with Gasteiger partial charge in [0, 0.05) is 5.92 Å². The summed E-state index contributed by atoms with van der Waals surface area (Å²) in [5, 5.41) is 0. The van der Waals surface area contributed by atoms with Crippen LogP contribution in [-0.2, 0) is 4.79 Å². The van der Waals surface area contributed by atoms with Gasteiger partial charge in [-0.1, -0.05) is 33.4 Å². The van der Waals surface area contributed by atoms with Gasteiger partial charge >= 0.3 is 0 Å². The summed E-state index contributed by atoms with van der Waals surface area (Å²) >= 11 is 0. The van der Waals surface area contributed by atoms with E-state index in [4.69, 9.17) is 0 Å². The molecule has 0 aliphatic carbocycles. The maximum Gasteiger partial charge on any atom is 0.134 e. The summed E-state index contributed by atoms with van der Waals surface area (Å²) in [5.74, 6) is 0.832. The first-order valence-electron chi connectivity index (χ1n) is 4.69. The van der Waals surface area contributed by atoms with Crippen LogP contribution in [0.2, 0.25) is 12.6 Å². The van der Waals surface area contributed by atoms with Crippen molar-refractivity contribution in [1.82, 2.24) is 0 Å². The first-order chi connectivity index (χ1) is 5.34. The minimum atomic E-state index is 0.360. The third-order valence-electron chi connectivity index (χ3n) is 1.99. The van der Waals surface area contributed by atoms with Gasteiger partial charge in [0.2, 0.25) is 0 Å². The molecule has 1 unspecified atom stereocenters. The van der Waals surface area contributed by atoms with Crippen molar-refractivity contribution in [3.05, 3.63) is 0 Å². The van der Waals surface area contributed by atoms with Crippen molar-refractivity contribution in [3.63, 3.8) is 0 Å². The summed E-state index contributed by atoms with van der Waals surface area (Å²) in [7, 11) is 2.23. The Bertz CT molecular complexity index is 112. The number of hydrogen-bond acceptors (Lipinski definition) is 1. The summed E-state index contributed by atoms with van der Waals surface area (Å²) in [6, 6.07) is 0. The number of carbonyl (C=O) groups excluding carboxylic acids is 1. The second-order valence-corrected chi connectivity index (χ2v) is 2.63. The van der Waals surface area contributed by atoms with Gasteiger partial charge in [-0.25, -0.2) is 0 Å². The van der Waals surface area contributed by atoms with Crippen LogP contribution in [0, 0.1) is 5.92 Å². The Hall–Kier alpha value is -0.265. The lowest BCUT2D eigenvalue weighted by Crippen LogP contribution is -2.20. The molecule has 0 aromatic carbocycles. The van der Waals surface area contributed by atoms with E-state index in [2.05, 4.69) is 14.2 Å². The first kappa shape index (κ1) is 10.7. The van der Waals surface area contributed by atoms with Gasteiger partial charge in [0.25, 0.3) is 0 Å². The normalized spacial score (nSPS) is 23.2. The molecular weight excluding hydrogens is 135 g/mol. The van der Waals surface area contributed by atoms with Crippen LogP contribution >= 0.6 is 0 Å². The highest BCUT2D eigenvalue weighted by Crippen LogP contribution is 2.19. The van der Waals surface area contributed by atoms with Crippen LogP contribution in [-0.4, -0.2) is 13.1 Å². The lowest BCUT2D eigenvalue weighted by molar-refractivity contribution is -0.122. The van der Waals surface area contributed by atoms with Crippen LogP contribution < -0.4 is 0 Å². The molecule has 11 heavy (non-hydrogen) atoms. The largest absolute Gasteiger partial charge is 0.299 e. The van der Waals surface area contributed by atoms with E-state index in [1.54, 1.807) is 0 Å². The third kappa shape index (κ3) is 3.59. The van der Waals surface area contributed by atoms with E-state index < -0.39 is 0 Å². The zero-order valence-electron chi connectivity index (χ0n) is 7.89. The molecule has 0 amide bonds. The number of ketones is 1. The van der Waals surface area contributed by atoms with Crippen LogP contribution in [0.5, 0.6) is 0 Å². The van der Waals surface area contributed by atoms with Crippen LogP contribution in [0.1, 0.15) is 33.6 Å². The molecular formula is C9H18BO. The molecule has 1 fully saturated rings. The smallest absolute Gasteiger partial charge is 0.134 e. The molecule has 1 radical (unpaired) electrons. The van der Waals surface area contributed by atoms with E-state index in [-0.39, 0.29) is 0 Å².